The van der Waals surface area contributed by atoms with Crippen molar-refractivity contribution in [2.75, 3.05) is 0 Å². The number of carbonyl (C=O) groups is 1. The molecule has 0 aliphatic carbocycles. The molecule has 1 nitrogen and oxygen atoms in total. The minimum absolute atomic E-state index is 0.724. The topological polar surface area (TPSA) is 17.1 Å². The summed E-state index contributed by atoms with van der Waals surface area (Å²) in [6, 6.07) is 7.56. The average molecular weight is 225 g/mol. The number of allylic oxidation sites excluding steroid dienone is 1. The zero-order chi connectivity index (χ0) is 8.81. The van der Waals surface area contributed by atoms with Gasteiger partial charge in [-0.2, -0.15) is 0 Å². The Morgan fingerprint density at radius 2 is 1.92 bits per heavy atom. The Hall–Kier alpha value is -0.890. The van der Waals surface area contributed by atoms with Crippen molar-refractivity contribution in [3.63, 3.8) is 0 Å². The van der Waals surface area contributed by atoms with Crippen LogP contribution in [0.15, 0.2) is 35.3 Å². The molecule has 0 aliphatic rings. The van der Waals surface area contributed by atoms with Crippen molar-refractivity contribution in [3.05, 3.63) is 46.5 Å². The molecule has 0 heterocycles. The van der Waals surface area contributed by atoms with Gasteiger partial charge in [-0.1, -0.05) is 46.3 Å². The predicted octanol–water partition coefficient (Wildman–Crippen LogP) is 2.95. The predicted molar refractivity (Wildman–Crippen MR) is 53.6 cm³/mol. The third kappa shape index (κ3) is 2.62. The maximum atomic E-state index is 10.3. The van der Waals surface area contributed by atoms with Crippen LogP contribution in [-0.2, 0) is 6.42 Å². The molecule has 2 heteroatoms. The van der Waals surface area contributed by atoms with Crippen LogP contribution in [0.1, 0.15) is 15.9 Å². The van der Waals surface area contributed by atoms with Gasteiger partial charge in [0.15, 0.2) is 0 Å². The fraction of sp³-hybridized carbons (Fsp3) is 0.100. The molecule has 0 unspecified atom stereocenters. The molecule has 1 rings (SSSR count). The summed E-state index contributed by atoms with van der Waals surface area (Å²) in [5.41, 5.74) is 1.93. The minimum Gasteiger partial charge on any atom is -0.298 e. The van der Waals surface area contributed by atoms with E-state index in [9.17, 15) is 4.79 Å². The molecule has 0 bridgehead atoms. The Morgan fingerprint density at radius 3 is 2.42 bits per heavy atom. The summed E-state index contributed by atoms with van der Waals surface area (Å²) in [4.78, 5) is 12.1. The highest BCUT2D eigenvalue weighted by molar-refractivity contribution is 9.11. The summed E-state index contributed by atoms with van der Waals surface area (Å²) in [7, 11) is 0. The third-order valence-corrected chi connectivity index (χ3v) is 1.93. The summed E-state index contributed by atoms with van der Waals surface area (Å²) < 4.78 is 0. The van der Waals surface area contributed by atoms with E-state index in [-0.39, 0.29) is 0 Å². The van der Waals surface area contributed by atoms with Crippen molar-refractivity contribution in [1.29, 1.82) is 0 Å². The quantitative estimate of drug-likeness (QED) is 0.722. The van der Waals surface area contributed by atoms with E-state index in [1.54, 1.807) is 0 Å². The maximum absolute atomic E-state index is 10.3. The van der Waals surface area contributed by atoms with Crippen molar-refractivity contribution < 1.29 is 4.79 Å². The van der Waals surface area contributed by atoms with Crippen molar-refractivity contribution in [2.45, 2.75) is 6.42 Å². The molecule has 0 saturated heterocycles. The fourth-order valence-corrected chi connectivity index (χ4v) is 1.10. The van der Waals surface area contributed by atoms with Crippen molar-refractivity contribution in [2.24, 2.45) is 0 Å². The standard InChI is InChI=1S/C10H9BrO/c11-7-1-2-9-3-5-10(8-12)6-4-9/h1,3-8H,2H2/b7-1+. The lowest BCUT2D eigenvalue weighted by Gasteiger charge is -1.95. The zero-order valence-corrected chi connectivity index (χ0v) is 8.12. The largest absolute Gasteiger partial charge is 0.298 e. The fourth-order valence-electron chi connectivity index (χ4n) is 0.913. The first-order chi connectivity index (χ1) is 5.86. The SMILES string of the molecule is O=Cc1ccc(C/C=C/Br)cc1. The van der Waals surface area contributed by atoms with E-state index in [0.29, 0.717) is 0 Å². The van der Waals surface area contributed by atoms with Crippen LogP contribution in [0.2, 0.25) is 0 Å². The Bertz CT molecular complexity index is 274. The zero-order valence-electron chi connectivity index (χ0n) is 6.53. The normalized spacial score (nSPS) is 10.4. The Balaban J connectivity index is 2.70. The molecule has 0 N–H and O–H groups in total. The van der Waals surface area contributed by atoms with Crippen LogP contribution in [0.3, 0.4) is 0 Å². The van der Waals surface area contributed by atoms with Gasteiger partial charge >= 0.3 is 0 Å². The molecule has 0 saturated carbocycles. The van der Waals surface area contributed by atoms with Gasteiger partial charge in [-0.25, -0.2) is 0 Å². The highest BCUT2D eigenvalue weighted by atomic mass is 79.9. The van der Waals surface area contributed by atoms with Gasteiger partial charge in [0.25, 0.3) is 0 Å². The molecule has 12 heavy (non-hydrogen) atoms. The molecule has 0 radical (unpaired) electrons. The van der Waals surface area contributed by atoms with Gasteiger partial charge in [0.1, 0.15) is 6.29 Å². The molecular weight excluding hydrogens is 216 g/mol. The molecule has 0 aromatic heterocycles. The Labute approximate surface area is 80.2 Å². The second-order valence-corrected chi connectivity index (χ2v) is 2.95. The number of aldehydes is 1. The third-order valence-electron chi connectivity index (χ3n) is 1.56. The number of halogens is 1. The molecule has 0 aliphatic heterocycles. The van der Waals surface area contributed by atoms with E-state index >= 15 is 0 Å². The van der Waals surface area contributed by atoms with Crippen LogP contribution in [0.5, 0.6) is 0 Å². The van der Waals surface area contributed by atoms with Gasteiger partial charge in [-0.15, -0.1) is 0 Å². The molecular formula is C10H9BrO. The summed E-state index contributed by atoms with van der Waals surface area (Å²) in [6.07, 6.45) is 3.75. The van der Waals surface area contributed by atoms with E-state index in [1.807, 2.05) is 35.3 Å². The van der Waals surface area contributed by atoms with Gasteiger partial charge in [0.05, 0.1) is 0 Å². The van der Waals surface area contributed by atoms with E-state index in [0.717, 1.165) is 18.3 Å². The van der Waals surface area contributed by atoms with Crippen LogP contribution in [0.25, 0.3) is 0 Å². The van der Waals surface area contributed by atoms with E-state index in [2.05, 4.69) is 15.9 Å². The highest BCUT2D eigenvalue weighted by Gasteiger charge is 1.90. The monoisotopic (exact) mass is 224 g/mol. The average Bonchev–Trinajstić information content (AvgIpc) is 2.15. The second-order valence-electron chi connectivity index (χ2n) is 2.43. The second kappa shape index (κ2) is 4.88. The van der Waals surface area contributed by atoms with Crippen LogP contribution >= 0.6 is 15.9 Å². The first-order valence-electron chi connectivity index (χ1n) is 3.66. The van der Waals surface area contributed by atoms with Crippen molar-refractivity contribution >= 4 is 22.2 Å². The van der Waals surface area contributed by atoms with Gasteiger partial charge < -0.3 is 0 Å². The van der Waals surface area contributed by atoms with Crippen LogP contribution in [0.4, 0.5) is 0 Å². The van der Waals surface area contributed by atoms with Gasteiger partial charge in [-0.05, 0) is 17.0 Å². The van der Waals surface area contributed by atoms with Crippen LogP contribution in [0, 0.1) is 0 Å². The van der Waals surface area contributed by atoms with Crippen LogP contribution in [-0.4, -0.2) is 6.29 Å². The lowest BCUT2D eigenvalue weighted by Crippen LogP contribution is -1.82. The molecule has 1 aromatic rings. The van der Waals surface area contributed by atoms with Crippen molar-refractivity contribution in [1.82, 2.24) is 0 Å². The molecule has 0 atom stereocenters. The molecule has 62 valence electrons. The van der Waals surface area contributed by atoms with E-state index in [4.69, 9.17) is 0 Å². The summed E-state index contributed by atoms with van der Waals surface area (Å²) >= 11 is 3.20. The molecule has 1 aromatic carbocycles. The smallest absolute Gasteiger partial charge is 0.150 e. The van der Waals surface area contributed by atoms with E-state index < -0.39 is 0 Å². The molecule has 0 amide bonds. The maximum Gasteiger partial charge on any atom is 0.150 e. The Morgan fingerprint density at radius 1 is 1.25 bits per heavy atom. The number of carbonyl (C=O) groups excluding carboxylic acids is 1. The number of hydrogen-bond acceptors (Lipinski definition) is 1. The molecule has 0 fully saturated rings. The first-order valence-corrected chi connectivity index (χ1v) is 4.57. The highest BCUT2D eigenvalue weighted by Crippen LogP contribution is 2.04. The Kier molecular flexibility index (Phi) is 3.74. The number of hydrogen-bond donors (Lipinski definition) is 0. The van der Waals surface area contributed by atoms with Gasteiger partial charge in [-0.3, -0.25) is 4.79 Å². The van der Waals surface area contributed by atoms with Gasteiger partial charge in [0.2, 0.25) is 0 Å². The van der Waals surface area contributed by atoms with E-state index in [1.165, 1.54) is 5.56 Å². The van der Waals surface area contributed by atoms with Crippen molar-refractivity contribution in [3.8, 4) is 0 Å². The van der Waals surface area contributed by atoms with Gasteiger partial charge in [0, 0.05) is 5.56 Å². The lowest BCUT2D eigenvalue weighted by atomic mass is 10.1. The minimum atomic E-state index is 0.724. The molecule has 0 spiro atoms. The number of benzene rings is 1. The lowest BCUT2D eigenvalue weighted by molar-refractivity contribution is 0.112. The number of rotatable bonds is 3. The summed E-state index contributed by atoms with van der Waals surface area (Å²) in [5.74, 6) is 0. The van der Waals surface area contributed by atoms with Crippen LogP contribution < -0.4 is 0 Å². The first kappa shape index (κ1) is 9.20. The summed E-state index contributed by atoms with van der Waals surface area (Å²) in [5, 5.41) is 0. The summed E-state index contributed by atoms with van der Waals surface area (Å²) in [6.45, 7) is 0.